The van der Waals surface area contributed by atoms with Gasteiger partial charge in [0.2, 0.25) is 0 Å². The molecular weight excluding hydrogens is 252 g/mol. The first-order chi connectivity index (χ1) is 9.45. The average molecular weight is 278 g/mol. The highest BCUT2D eigenvalue weighted by Crippen LogP contribution is 2.31. The topological polar surface area (TPSA) is 54.4 Å². The second kappa shape index (κ2) is 6.10. The summed E-state index contributed by atoms with van der Waals surface area (Å²) in [5.74, 6) is 1.16. The lowest BCUT2D eigenvalue weighted by molar-refractivity contribution is -0.0111. The summed E-state index contributed by atoms with van der Waals surface area (Å²) in [6.45, 7) is 7.88. The van der Waals surface area contributed by atoms with Crippen LogP contribution in [0.3, 0.4) is 0 Å². The number of methoxy groups -OCH3 is 1. The number of nitrogens with zero attached hydrogens (tertiary/aromatic N) is 1. The maximum atomic E-state index is 10.8. The van der Waals surface area contributed by atoms with E-state index in [2.05, 4.69) is 10.3 Å². The first kappa shape index (κ1) is 15.3. The first-order valence-electron chi connectivity index (χ1n) is 7.38. The molecule has 2 unspecified atom stereocenters. The number of piperidine rings is 1. The van der Waals surface area contributed by atoms with Gasteiger partial charge in [0, 0.05) is 41.9 Å². The zero-order valence-corrected chi connectivity index (χ0v) is 13.0. The van der Waals surface area contributed by atoms with Crippen molar-refractivity contribution in [3.05, 3.63) is 23.0 Å². The zero-order valence-electron chi connectivity index (χ0n) is 13.0. The highest BCUT2D eigenvalue weighted by atomic mass is 16.5. The Hall–Kier alpha value is -1.13. The Balaban J connectivity index is 2.20. The molecule has 1 aliphatic heterocycles. The number of aliphatic hydroxyl groups is 1. The Morgan fingerprint density at radius 2 is 2.25 bits per heavy atom. The normalized spacial score (nSPS) is 22.4. The van der Waals surface area contributed by atoms with Gasteiger partial charge < -0.3 is 15.2 Å². The fourth-order valence-electron chi connectivity index (χ4n) is 3.12. The summed E-state index contributed by atoms with van der Waals surface area (Å²) >= 11 is 0. The molecule has 2 heterocycles. The zero-order chi connectivity index (χ0) is 14.8. The van der Waals surface area contributed by atoms with E-state index in [-0.39, 0.29) is 5.92 Å². The van der Waals surface area contributed by atoms with E-state index in [0.717, 1.165) is 48.5 Å². The minimum atomic E-state index is -0.731. The summed E-state index contributed by atoms with van der Waals surface area (Å²) in [6.07, 6.45) is 4.60. The van der Waals surface area contributed by atoms with E-state index in [1.54, 1.807) is 7.11 Å². The van der Waals surface area contributed by atoms with Crippen molar-refractivity contribution in [2.75, 3.05) is 20.2 Å². The maximum absolute atomic E-state index is 10.8. The Labute approximate surface area is 121 Å². The molecule has 0 aliphatic carbocycles. The predicted octanol–water partition coefficient (Wildman–Crippen LogP) is 2.00. The average Bonchev–Trinajstić information content (AvgIpc) is 2.44. The van der Waals surface area contributed by atoms with Crippen molar-refractivity contribution in [1.29, 1.82) is 0 Å². The van der Waals surface area contributed by atoms with Crippen molar-refractivity contribution >= 4 is 0 Å². The maximum Gasteiger partial charge on any atom is 0.128 e. The van der Waals surface area contributed by atoms with Gasteiger partial charge in [-0.05, 0) is 40.2 Å². The molecule has 0 saturated carbocycles. The van der Waals surface area contributed by atoms with Crippen LogP contribution >= 0.6 is 0 Å². The lowest BCUT2D eigenvalue weighted by Gasteiger charge is -2.36. The summed E-state index contributed by atoms with van der Waals surface area (Å²) < 4.78 is 5.44. The second-order valence-electron chi connectivity index (χ2n) is 6.12. The molecule has 20 heavy (non-hydrogen) atoms. The van der Waals surface area contributed by atoms with Gasteiger partial charge in [0.25, 0.3) is 0 Å². The molecule has 1 aromatic heterocycles. The molecule has 0 amide bonds. The van der Waals surface area contributed by atoms with Gasteiger partial charge in [-0.2, -0.15) is 0 Å². The van der Waals surface area contributed by atoms with Gasteiger partial charge in [0.15, 0.2) is 0 Å². The Morgan fingerprint density at radius 3 is 2.85 bits per heavy atom. The van der Waals surface area contributed by atoms with Crippen LogP contribution in [-0.2, 0) is 6.42 Å². The molecule has 4 heteroatoms. The van der Waals surface area contributed by atoms with Gasteiger partial charge in [-0.1, -0.05) is 0 Å². The molecule has 1 saturated heterocycles. The highest BCUT2D eigenvalue weighted by molar-refractivity contribution is 5.41. The fourth-order valence-corrected chi connectivity index (χ4v) is 3.12. The van der Waals surface area contributed by atoms with Crippen LogP contribution in [0.15, 0.2) is 6.20 Å². The van der Waals surface area contributed by atoms with Crippen molar-refractivity contribution in [2.24, 2.45) is 5.92 Å². The number of aromatic nitrogens is 1. The van der Waals surface area contributed by atoms with Crippen LogP contribution in [-0.4, -0.2) is 35.9 Å². The molecule has 112 valence electrons. The summed E-state index contributed by atoms with van der Waals surface area (Å²) in [4.78, 5) is 4.51. The second-order valence-corrected chi connectivity index (χ2v) is 6.12. The molecular formula is C16H26N2O2. The number of hydrogen-bond acceptors (Lipinski definition) is 4. The molecule has 2 rings (SSSR count). The summed E-state index contributed by atoms with van der Waals surface area (Å²) in [6, 6.07) is 0. The summed E-state index contributed by atoms with van der Waals surface area (Å²) in [5.41, 5.74) is 2.28. The Kier molecular flexibility index (Phi) is 4.66. The largest absolute Gasteiger partial charge is 0.496 e. The summed E-state index contributed by atoms with van der Waals surface area (Å²) in [5, 5.41) is 14.2. The van der Waals surface area contributed by atoms with Gasteiger partial charge in [-0.25, -0.2) is 0 Å². The van der Waals surface area contributed by atoms with Crippen LogP contribution in [0, 0.1) is 19.8 Å². The van der Waals surface area contributed by atoms with Gasteiger partial charge in [0.1, 0.15) is 5.75 Å². The predicted molar refractivity (Wildman–Crippen MR) is 80.2 cm³/mol. The van der Waals surface area contributed by atoms with E-state index in [0.29, 0.717) is 6.42 Å². The first-order valence-corrected chi connectivity index (χ1v) is 7.38. The molecule has 4 nitrogen and oxygen atoms in total. The van der Waals surface area contributed by atoms with Crippen molar-refractivity contribution in [3.63, 3.8) is 0 Å². The van der Waals surface area contributed by atoms with Gasteiger partial charge in [-0.15, -0.1) is 0 Å². The number of ether oxygens (including phenoxy) is 1. The van der Waals surface area contributed by atoms with Gasteiger partial charge in [-0.3, -0.25) is 4.98 Å². The molecule has 1 aliphatic rings. The van der Waals surface area contributed by atoms with E-state index < -0.39 is 5.60 Å². The van der Waals surface area contributed by atoms with E-state index in [4.69, 9.17) is 4.74 Å². The van der Waals surface area contributed by atoms with Crippen LogP contribution in [0.5, 0.6) is 5.75 Å². The fraction of sp³-hybridized carbons (Fsp3) is 0.688. The number of pyridine rings is 1. The highest BCUT2D eigenvalue weighted by Gasteiger charge is 2.34. The molecule has 2 N–H and O–H groups in total. The monoisotopic (exact) mass is 278 g/mol. The van der Waals surface area contributed by atoms with Crippen LogP contribution in [0.2, 0.25) is 0 Å². The third-order valence-electron chi connectivity index (χ3n) is 4.45. The van der Waals surface area contributed by atoms with Crippen LogP contribution in [0.1, 0.15) is 36.6 Å². The van der Waals surface area contributed by atoms with E-state index in [9.17, 15) is 5.11 Å². The Bertz CT molecular complexity index is 466. The van der Waals surface area contributed by atoms with Crippen LogP contribution in [0.25, 0.3) is 0 Å². The molecule has 1 aromatic rings. The third kappa shape index (κ3) is 3.13. The molecule has 0 bridgehead atoms. The van der Waals surface area contributed by atoms with E-state index in [1.165, 1.54) is 0 Å². The van der Waals surface area contributed by atoms with Crippen molar-refractivity contribution < 1.29 is 9.84 Å². The van der Waals surface area contributed by atoms with Crippen molar-refractivity contribution in [2.45, 2.75) is 45.6 Å². The molecule has 1 fully saturated rings. The quantitative estimate of drug-likeness (QED) is 0.884. The SMILES string of the molecule is COc1c(C)cnc(CC(C)(O)C2CCCNC2)c1C. The molecule has 0 aromatic carbocycles. The van der Waals surface area contributed by atoms with Crippen LogP contribution < -0.4 is 10.1 Å². The molecule has 0 radical (unpaired) electrons. The Morgan fingerprint density at radius 1 is 1.50 bits per heavy atom. The third-order valence-corrected chi connectivity index (χ3v) is 4.45. The number of rotatable bonds is 4. The molecule has 2 atom stereocenters. The standard InChI is InChI=1S/C16H26N2O2/c1-11-9-18-14(12(2)15(11)20-4)8-16(3,19)13-6-5-7-17-10-13/h9,13,17,19H,5-8,10H2,1-4H3. The van der Waals surface area contributed by atoms with Gasteiger partial charge >= 0.3 is 0 Å². The van der Waals surface area contributed by atoms with Crippen molar-refractivity contribution in [3.8, 4) is 5.75 Å². The van der Waals surface area contributed by atoms with Crippen LogP contribution in [0.4, 0.5) is 0 Å². The smallest absolute Gasteiger partial charge is 0.128 e. The lowest BCUT2D eigenvalue weighted by Crippen LogP contribution is -2.45. The molecule has 0 spiro atoms. The van der Waals surface area contributed by atoms with E-state index in [1.807, 2.05) is 27.0 Å². The van der Waals surface area contributed by atoms with E-state index >= 15 is 0 Å². The lowest BCUT2D eigenvalue weighted by atomic mass is 9.80. The minimum Gasteiger partial charge on any atom is -0.496 e. The minimum absolute atomic E-state index is 0.282. The number of aryl methyl sites for hydroxylation is 1. The van der Waals surface area contributed by atoms with Crippen molar-refractivity contribution in [1.82, 2.24) is 10.3 Å². The number of nitrogens with one attached hydrogen (secondary N) is 1. The van der Waals surface area contributed by atoms with Gasteiger partial charge in [0.05, 0.1) is 12.7 Å². The number of hydrogen-bond donors (Lipinski definition) is 2. The summed E-state index contributed by atoms with van der Waals surface area (Å²) in [7, 11) is 1.68.